The van der Waals surface area contributed by atoms with Crippen LogP contribution in [-0.4, -0.2) is 19.6 Å². The number of halogens is 2. The van der Waals surface area contributed by atoms with E-state index < -0.39 is 11.8 Å². The molecule has 1 saturated heterocycles. The lowest BCUT2D eigenvalue weighted by molar-refractivity contribution is -0.107. The lowest BCUT2D eigenvalue weighted by Gasteiger charge is -2.38. The molecule has 1 aliphatic rings. The van der Waals surface area contributed by atoms with E-state index in [2.05, 4.69) is 0 Å². The molecule has 0 spiro atoms. The van der Waals surface area contributed by atoms with Crippen molar-refractivity contribution in [3.8, 4) is 0 Å². The molecule has 0 saturated carbocycles. The van der Waals surface area contributed by atoms with Gasteiger partial charge < -0.3 is 4.74 Å². The Kier molecular flexibility index (Phi) is 2.47. The van der Waals surface area contributed by atoms with Gasteiger partial charge >= 0.3 is 0 Å². The van der Waals surface area contributed by atoms with Crippen LogP contribution in [0.15, 0.2) is 0 Å². The van der Waals surface area contributed by atoms with Crippen LogP contribution in [0, 0.1) is 11.3 Å². The Morgan fingerprint density at radius 1 is 1.55 bits per heavy atom. The van der Waals surface area contributed by atoms with Crippen molar-refractivity contribution < 1.29 is 13.5 Å². The lowest BCUT2D eigenvalue weighted by atomic mass is 9.75. The molecule has 11 heavy (non-hydrogen) atoms. The van der Waals surface area contributed by atoms with Crippen molar-refractivity contribution in [2.75, 3.05) is 13.2 Å². The average molecular weight is 164 g/mol. The largest absolute Gasteiger partial charge is 0.381 e. The van der Waals surface area contributed by atoms with Gasteiger partial charge in [-0.1, -0.05) is 13.8 Å². The van der Waals surface area contributed by atoms with Gasteiger partial charge in [-0.05, 0) is 12.3 Å². The Labute approximate surface area is 65.7 Å². The zero-order chi connectivity index (χ0) is 8.48. The molecule has 1 aliphatic heterocycles. The van der Waals surface area contributed by atoms with Gasteiger partial charge in [-0.15, -0.1) is 0 Å². The summed E-state index contributed by atoms with van der Waals surface area (Å²) in [4.78, 5) is 0. The van der Waals surface area contributed by atoms with E-state index in [0.29, 0.717) is 19.6 Å². The maximum Gasteiger partial charge on any atom is 0.244 e. The first-order chi connectivity index (χ1) is 5.07. The maximum absolute atomic E-state index is 12.5. The van der Waals surface area contributed by atoms with Crippen LogP contribution in [0.25, 0.3) is 0 Å². The number of hydrogen-bond acceptors (Lipinski definition) is 1. The van der Waals surface area contributed by atoms with Crippen molar-refractivity contribution in [3.63, 3.8) is 0 Å². The van der Waals surface area contributed by atoms with Gasteiger partial charge in [0.15, 0.2) is 0 Å². The highest BCUT2D eigenvalue weighted by Gasteiger charge is 2.42. The molecule has 1 fully saturated rings. The van der Waals surface area contributed by atoms with Crippen LogP contribution in [0.1, 0.15) is 20.3 Å². The fraction of sp³-hybridized carbons (Fsp3) is 1.00. The standard InChI is InChI=1S/C8H14F2O/c1-6-5-11-4-3-8(6,2)7(9)10/h6-7H,3-5H2,1-2H3/t6?,8-/m0/s1. The summed E-state index contributed by atoms with van der Waals surface area (Å²) in [7, 11) is 0. The molecule has 0 amide bonds. The third-order valence-electron chi connectivity index (χ3n) is 2.78. The second kappa shape index (κ2) is 3.05. The van der Waals surface area contributed by atoms with Crippen molar-refractivity contribution in [1.82, 2.24) is 0 Å². The van der Waals surface area contributed by atoms with Gasteiger partial charge in [-0.25, -0.2) is 8.78 Å². The molecule has 1 rings (SSSR count). The van der Waals surface area contributed by atoms with E-state index in [9.17, 15) is 8.78 Å². The number of alkyl halides is 2. The molecule has 0 aliphatic carbocycles. The zero-order valence-electron chi connectivity index (χ0n) is 6.94. The first kappa shape index (κ1) is 8.91. The minimum Gasteiger partial charge on any atom is -0.381 e. The van der Waals surface area contributed by atoms with E-state index in [4.69, 9.17) is 4.74 Å². The predicted octanol–water partition coefficient (Wildman–Crippen LogP) is 2.31. The zero-order valence-corrected chi connectivity index (χ0v) is 6.94. The van der Waals surface area contributed by atoms with Crippen molar-refractivity contribution in [2.45, 2.75) is 26.7 Å². The Morgan fingerprint density at radius 3 is 2.55 bits per heavy atom. The van der Waals surface area contributed by atoms with Crippen LogP contribution in [0.2, 0.25) is 0 Å². The van der Waals surface area contributed by atoms with E-state index in [1.807, 2.05) is 6.92 Å². The highest BCUT2D eigenvalue weighted by molar-refractivity contribution is 4.84. The summed E-state index contributed by atoms with van der Waals surface area (Å²) in [5, 5.41) is 0. The average Bonchev–Trinajstić information content (AvgIpc) is 1.95. The second-order valence-electron chi connectivity index (χ2n) is 3.53. The summed E-state index contributed by atoms with van der Waals surface area (Å²) in [6.45, 7) is 4.42. The van der Waals surface area contributed by atoms with Crippen LogP contribution in [0.4, 0.5) is 8.78 Å². The Bertz CT molecular complexity index is 138. The fourth-order valence-corrected chi connectivity index (χ4v) is 1.31. The first-order valence-electron chi connectivity index (χ1n) is 3.93. The van der Waals surface area contributed by atoms with E-state index >= 15 is 0 Å². The van der Waals surface area contributed by atoms with Crippen LogP contribution in [-0.2, 0) is 4.74 Å². The summed E-state index contributed by atoms with van der Waals surface area (Å²) >= 11 is 0. The van der Waals surface area contributed by atoms with Crippen molar-refractivity contribution >= 4 is 0 Å². The van der Waals surface area contributed by atoms with Crippen molar-refractivity contribution in [3.05, 3.63) is 0 Å². The molecule has 0 aromatic heterocycles. The lowest BCUT2D eigenvalue weighted by Crippen LogP contribution is -2.40. The Morgan fingerprint density at radius 2 is 2.18 bits per heavy atom. The number of rotatable bonds is 1. The molecule has 0 N–H and O–H groups in total. The van der Waals surface area contributed by atoms with Gasteiger partial charge in [0.2, 0.25) is 6.43 Å². The molecule has 0 radical (unpaired) electrons. The summed E-state index contributed by atoms with van der Waals surface area (Å²) in [5.41, 5.74) is -0.821. The quantitative estimate of drug-likeness (QED) is 0.578. The van der Waals surface area contributed by atoms with Gasteiger partial charge in [-0.3, -0.25) is 0 Å². The molecule has 1 heterocycles. The Balaban J connectivity index is 2.64. The van der Waals surface area contributed by atoms with E-state index in [0.717, 1.165) is 0 Å². The third-order valence-corrected chi connectivity index (χ3v) is 2.78. The fourth-order valence-electron chi connectivity index (χ4n) is 1.31. The predicted molar refractivity (Wildman–Crippen MR) is 38.7 cm³/mol. The van der Waals surface area contributed by atoms with Gasteiger partial charge in [0.25, 0.3) is 0 Å². The van der Waals surface area contributed by atoms with Crippen LogP contribution in [0.3, 0.4) is 0 Å². The summed E-state index contributed by atoms with van der Waals surface area (Å²) < 4.78 is 30.1. The first-order valence-corrected chi connectivity index (χ1v) is 3.93. The summed E-state index contributed by atoms with van der Waals surface area (Å²) in [5.74, 6) is -0.0313. The molecule has 66 valence electrons. The molecule has 2 atom stereocenters. The van der Waals surface area contributed by atoms with E-state index in [1.54, 1.807) is 6.92 Å². The van der Waals surface area contributed by atoms with Crippen LogP contribution >= 0.6 is 0 Å². The maximum atomic E-state index is 12.5. The summed E-state index contributed by atoms with van der Waals surface area (Å²) in [6, 6.07) is 0. The Hall–Kier alpha value is -0.180. The molecule has 0 bridgehead atoms. The topological polar surface area (TPSA) is 9.23 Å². The molecule has 0 aromatic carbocycles. The van der Waals surface area contributed by atoms with Crippen LogP contribution in [0.5, 0.6) is 0 Å². The molecule has 3 heteroatoms. The normalized spacial score (nSPS) is 39.5. The van der Waals surface area contributed by atoms with Crippen molar-refractivity contribution in [1.29, 1.82) is 0 Å². The monoisotopic (exact) mass is 164 g/mol. The molecular weight excluding hydrogens is 150 g/mol. The van der Waals surface area contributed by atoms with Gasteiger partial charge in [0.1, 0.15) is 0 Å². The third kappa shape index (κ3) is 1.53. The minimum absolute atomic E-state index is 0.0313. The number of ether oxygens (including phenoxy) is 1. The van der Waals surface area contributed by atoms with Crippen molar-refractivity contribution in [2.24, 2.45) is 11.3 Å². The van der Waals surface area contributed by atoms with Gasteiger partial charge in [-0.2, -0.15) is 0 Å². The molecular formula is C8H14F2O. The number of hydrogen-bond donors (Lipinski definition) is 0. The minimum atomic E-state index is -2.22. The summed E-state index contributed by atoms with van der Waals surface area (Å²) in [6.07, 6.45) is -1.74. The second-order valence-corrected chi connectivity index (χ2v) is 3.53. The highest BCUT2D eigenvalue weighted by atomic mass is 19.3. The van der Waals surface area contributed by atoms with Gasteiger partial charge in [0.05, 0.1) is 0 Å². The molecule has 1 nitrogen and oxygen atoms in total. The molecule has 1 unspecified atom stereocenters. The van der Waals surface area contributed by atoms with E-state index in [-0.39, 0.29) is 5.92 Å². The smallest absolute Gasteiger partial charge is 0.244 e. The molecule has 0 aromatic rings. The van der Waals surface area contributed by atoms with Gasteiger partial charge in [0, 0.05) is 18.6 Å². The highest BCUT2D eigenvalue weighted by Crippen LogP contribution is 2.40. The van der Waals surface area contributed by atoms with Crippen LogP contribution < -0.4 is 0 Å². The SMILES string of the molecule is CC1COCC[C@]1(C)C(F)F. The van der Waals surface area contributed by atoms with E-state index in [1.165, 1.54) is 0 Å².